The second kappa shape index (κ2) is 6.51. The first-order valence-electron chi connectivity index (χ1n) is 6.39. The van der Waals surface area contributed by atoms with Crippen molar-refractivity contribution in [1.82, 2.24) is 20.6 Å². The van der Waals surface area contributed by atoms with E-state index in [0.29, 0.717) is 13.1 Å². The number of nitrogens with zero attached hydrogens (tertiary/aromatic N) is 2. The van der Waals surface area contributed by atoms with Gasteiger partial charge >= 0.3 is 6.03 Å². The first-order chi connectivity index (χ1) is 9.56. The highest BCUT2D eigenvalue weighted by molar-refractivity contribution is 7.11. The van der Waals surface area contributed by atoms with Crippen molar-refractivity contribution in [1.29, 1.82) is 0 Å². The molecule has 2 amide bonds. The monoisotopic (exact) mass is 294 g/mol. The number of carbonyl (C=O) groups is 1. The molecule has 6 nitrogen and oxygen atoms in total. The van der Waals surface area contributed by atoms with Gasteiger partial charge in [0.15, 0.2) is 6.39 Å². The summed E-state index contributed by atoms with van der Waals surface area (Å²) in [6, 6.07) is -0.215. The second-order valence-corrected chi connectivity index (χ2v) is 5.90. The fourth-order valence-corrected chi connectivity index (χ4v) is 2.48. The van der Waals surface area contributed by atoms with Gasteiger partial charge in [-0.3, -0.25) is 0 Å². The van der Waals surface area contributed by atoms with Gasteiger partial charge < -0.3 is 15.1 Å². The van der Waals surface area contributed by atoms with Crippen LogP contribution in [0.5, 0.6) is 0 Å². The number of amides is 2. The van der Waals surface area contributed by atoms with Crippen molar-refractivity contribution >= 4 is 17.4 Å². The SMILES string of the molecule is Cc1cnc([C@@H](C)CNC(=O)NCc2ncoc2C)s1. The Morgan fingerprint density at radius 2 is 2.20 bits per heavy atom. The van der Waals surface area contributed by atoms with Crippen molar-refractivity contribution in [3.05, 3.63) is 33.9 Å². The number of hydrogen-bond donors (Lipinski definition) is 2. The van der Waals surface area contributed by atoms with Crippen LogP contribution in [0.15, 0.2) is 17.0 Å². The van der Waals surface area contributed by atoms with E-state index in [4.69, 9.17) is 4.42 Å². The zero-order valence-electron chi connectivity index (χ0n) is 11.8. The lowest BCUT2D eigenvalue weighted by Gasteiger charge is -2.10. The molecule has 0 aliphatic heterocycles. The molecule has 2 rings (SSSR count). The van der Waals surface area contributed by atoms with Crippen LogP contribution in [-0.4, -0.2) is 22.5 Å². The van der Waals surface area contributed by atoms with Crippen LogP contribution in [0.25, 0.3) is 0 Å². The van der Waals surface area contributed by atoms with Gasteiger partial charge in [0.25, 0.3) is 0 Å². The molecule has 0 aromatic carbocycles. The number of aromatic nitrogens is 2. The molecule has 0 aliphatic rings. The van der Waals surface area contributed by atoms with Crippen LogP contribution in [-0.2, 0) is 6.54 Å². The summed E-state index contributed by atoms with van der Waals surface area (Å²) in [6.07, 6.45) is 3.22. The fraction of sp³-hybridized carbons (Fsp3) is 0.462. The molecule has 0 saturated carbocycles. The summed E-state index contributed by atoms with van der Waals surface area (Å²) in [5.41, 5.74) is 0.740. The minimum atomic E-state index is -0.215. The standard InChI is InChI=1S/C13H18N4O2S/c1-8(12-14-5-9(2)20-12)4-15-13(18)16-6-11-10(3)19-7-17-11/h5,7-8H,4,6H2,1-3H3,(H2,15,16,18)/t8-/m0/s1. The Kier molecular flexibility index (Phi) is 4.73. The van der Waals surface area contributed by atoms with Gasteiger partial charge in [-0.1, -0.05) is 6.92 Å². The number of hydrogen-bond acceptors (Lipinski definition) is 5. The number of aryl methyl sites for hydroxylation is 2. The first-order valence-corrected chi connectivity index (χ1v) is 7.21. The highest BCUT2D eigenvalue weighted by Gasteiger charge is 2.11. The molecule has 0 bridgehead atoms. The molecule has 20 heavy (non-hydrogen) atoms. The summed E-state index contributed by atoms with van der Waals surface area (Å²) in [5, 5.41) is 6.62. The molecule has 2 aromatic rings. The van der Waals surface area contributed by atoms with Gasteiger partial charge in [0.05, 0.1) is 11.6 Å². The summed E-state index contributed by atoms with van der Waals surface area (Å²) in [5.74, 6) is 0.921. The molecule has 0 fully saturated rings. The second-order valence-electron chi connectivity index (χ2n) is 4.63. The predicted molar refractivity (Wildman–Crippen MR) is 76.7 cm³/mol. The molecule has 7 heteroatoms. The summed E-state index contributed by atoms with van der Waals surface area (Å²) in [6.45, 7) is 6.79. The normalized spacial score (nSPS) is 12.2. The highest BCUT2D eigenvalue weighted by atomic mass is 32.1. The van der Waals surface area contributed by atoms with E-state index in [1.54, 1.807) is 11.3 Å². The lowest BCUT2D eigenvalue weighted by molar-refractivity contribution is 0.240. The van der Waals surface area contributed by atoms with Crippen LogP contribution < -0.4 is 10.6 Å². The zero-order valence-corrected chi connectivity index (χ0v) is 12.6. The van der Waals surface area contributed by atoms with E-state index in [0.717, 1.165) is 16.5 Å². The van der Waals surface area contributed by atoms with E-state index in [2.05, 4.69) is 20.6 Å². The van der Waals surface area contributed by atoms with E-state index in [-0.39, 0.29) is 11.9 Å². The molecule has 1 atom stereocenters. The summed E-state index contributed by atoms with van der Waals surface area (Å²) in [4.78, 5) is 21.2. The first kappa shape index (κ1) is 14.5. The summed E-state index contributed by atoms with van der Waals surface area (Å²) < 4.78 is 5.07. The molecule has 0 unspecified atom stereocenters. The van der Waals surface area contributed by atoms with Gasteiger partial charge in [0, 0.05) is 23.5 Å². The molecule has 0 radical (unpaired) electrons. The Morgan fingerprint density at radius 1 is 1.40 bits per heavy atom. The molecule has 108 valence electrons. The number of rotatable bonds is 5. The number of thiazole rings is 1. The van der Waals surface area contributed by atoms with Crippen LogP contribution in [0.1, 0.15) is 34.2 Å². The van der Waals surface area contributed by atoms with E-state index in [1.165, 1.54) is 11.3 Å². The van der Waals surface area contributed by atoms with Gasteiger partial charge in [0.2, 0.25) is 0 Å². The smallest absolute Gasteiger partial charge is 0.315 e. The third-order valence-corrected chi connectivity index (χ3v) is 4.03. The van der Waals surface area contributed by atoms with Crippen molar-refractivity contribution in [2.24, 2.45) is 0 Å². The van der Waals surface area contributed by atoms with E-state index in [9.17, 15) is 4.79 Å². The average Bonchev–Trinajstić information content (AvgIpc) is 3.02. The van der Waals surface area contributed by atoms with Crippen LogP contribution >= 0.6 is 11.3 Å². The number of carbonyl (C=O) groups excluding carboxylic acids is 1. The molecule has 0 spiro atoms. The Balaban J connectivity index is 1.74. The Hall–Kier alpha value is -1.89. The van der Waals surface area contributed by atoms with Crippen LogP contribution in [0, 0.1) is 13.8 Å². The van der Waals surface area contributed by atoms with Crippen LogP contribution in [0.3, 0.4) is 0 Å². The Bertz CT molecular complexity index is 578. The summed E-state index contributed by atoms with van der Waals surface area (Å²) in [7, 11) is 0. The predicted octanol–water partition coefficient (Wildman–Crippen LogP) is 2.35. The number of nitrogens with one attached hydrogen (secondary N) is 2. The maximum absolute atomic E-state index is 11.7. The molecule has 0 saturated heterocycles. The van der Waals surface area contributed by atoms with Gasteiger partial charge in [-0.25, -0.2) is 14.8 Å². The van der Waals surface area contributed by atoms with Crippen molar-refractivity contribution in [3.63, 3.8) is 0 Å². The molecule has 2 heterocycles. The van der Waals surface area contributed by atoms with Crippen molar-refractivity contribution in [2.45, 2.75) is 33.2 Å². The van der Waals surface area contributed by atoms with E-state index in [1.807, 2.05) is 27.0 Å². The highest BCUT2D eigenvalue weighted by Crippen LogP contribution is 2.20. The van der Waals surface area contributed by atoms with Gasteiger partial charge in [-0.15, -0.1) is 11.3 Å². The van der Waals surface area contributed by atoms with E-state index < -0.39 is 0 Å². The maximum atomic E-state index is 11.7. The van der Waals surface area contributed by atoms with Crippen molar-refractivity contribution < 1.29 is 9.21 Å². The number of oxazole rings is 1. The topological polar surface area (TPSA) is 80.0 Å². The van der Waals surface area contributed by atoms with Gasteiger partial charge in [-0.05, 0) is 13.8 Å². The lowest BCUT2D eigenvalue weighted by Crippen LogP contribution is -2.37. The van der Waals surface area contributed by atoms with Crippen molar-refractivity contribution in [2.75, 3.05) is 6.54 Å². The molecule has 2 N–H and O–H groups in total. The minimum absolute atomic E-state index is 0.202. The summed E-state index contributed by atoms with van der Waals surface area (Å²) >= 11 is 1.66. The third-order valence-electron chi connectivity index (χ3n) is 2.89. The van der Waals surface area contributed by atoms with Crippen LogP contribution in [0.4, 0.5) is 4.79 Å². The fourth-order valence-electron chi connectivity index (χ4n) is 1.66. The third kappa shape index (κ3) is 3.80. The molecule has 0 aliphatic carbocycles. The molecular weight excluding hydrogens is 276 g/mol. The zero-order chi connectivity index (χ0) is 14.5. The molecular formula is C13H18N4O2S. The largest absolute Gasteiger partial charge is 0.448 e. The van der Waals surface area contributed by atoms with Crippen LogP contribution in [0.2, 0.25) is 0 Å². The lowest BCUT2D eigenvalue weighted by atomic mass is 10.2. The Morgan fingerprint density at radius 3 is 2.80 bits per heavy atom. The Labute approximate surface area is 121 Å². The number of urea groups is 1. The average molecular weight is 294 g/mol. The van der Waals surface area contributed by atoms with Crippen molar-refractivity contribution in [3.8, 4) is 0 Å². The minimum Gasteiger partial charge on any atom is -0.448 e. The quantitative estimate of drug-likeness (QED) is 0.887. The van der Waals surface area contributed by atoms with Gasteiger partial charge in [0.1, 0.15) is 11.5 Å². The molecule has 2 aromatic heterocycles. The maximum Gasteiger partial charge on any atom is 0.315 e. The van der Waals surface area contributed by atoms with E-state index >= 15 is 0 Å². The van der Waals surface area contributed by atoms with Gasteiger partial charge in [-0.2, -0.15) is 0 Å².